The van der Waals surface area contributed by atoms with Crippen LogP contribution in [0.3, 0.4) is 0 Å². The highest BCUT2D eigenvalue weighted by Gasteiger charge is 2.13. The van der Waals surface area contributed by atoms with Gasteiger partial charge in [-0.2, -0.15) is 0 Å². The molecule has 0 unspecified atom stereocenters. The number of nitrogens with zero attached hydrogens (tertiary/aromatic N) is 2. The zero-order valence-electron chi connectivity index (χ0n) is 11.9. The van der Waals surface area contributed by atoms with Crippen LogP contribution in [0.2, 0.25) is 5.02 Å². The molecule has 114 valence electrons. The van der Waals surface area contributed by atoms with Crippen molar-refractivity contribution in [2.75, 3.05) is 7.05 Å². The first kappa shape index (κ1) is 15.3. The molecular formula is C16H14BrClN2O2. The van der Waals surface area contributed by atoms with E-state index in [2.05, 4.69) is 28.1 Å². The molecule has 0 amide bonds. The molecule has 0 aliphatic rings. The second-order valence-corrected chi connectivity index (χ2v) is 6.43. The Morgan fingerprint density at radius 1 is 1.27 bits per heavy atom. The number of fused-ring (bicyclic) bond motifs is 1. The molecule has 0 N–H and O–H groups in total. The van der Waals surface area contributed by atoms with Gasteiger partial charge in [0.15, 0.2) is 5.58 Å². The summed E-state index contributed by atoms with van der Waals surface area (Å²) in [4.78, 5) is 14.1. The Morgan fingerprint density at radius 3 is 2.73 bits per heavy atom. The molecule has 0 aliphatic carbocycles. The summed E-state index contributed by atoms with van der Waals surface area (Å²) in [7, 11) is 1.96. The lowest BCUT2D eigenvalue weighted by Crippen LogP contribution is -2.27. The van der Waals surface area contributed by atoms with Gasteiger partial charge in [-0.3, -0.25) is 9.47 Å². The zero-order chi connectivity index (χ0) is 15.7. The standard InChI is InChI=1S/C16H14BrClN2O2/c1-19(9-11-5-3-2-4-6-11)10-20-14-8-13(18)12(17)7-15(14)22-16(20)21/h2-8H,9-10H2,1H3. The van der Waals surface area contributed by atoms with Crippen LogP contribution in [0, 0.1) is 0 Å². The van der Waals surface area contributed by atoms with Gasteiger partial charge in [-0.1, -0.05) is 41.9 Å². The average molecular weight is 382 g/mol. The Balaban J connectivity index is 1.89. The zero-order valence-corrected chi connectivity index (χ0v) is 14.3. The highest BCUT2D eigenvalue weighted by atomic mass is 79.9. The lowest BCUT2D eigenvalue weighted by molar-refractivity contribution is 0.253. The number of hydrogen-bond acceptors (Lipinski definition) is 3. The molecule has 1 heterocycles. The first-order chi connectivity index (χ1) is 10.5. The lowest BCUT2D eigenvalue weighted by atomic mass is 10.2. The molecule has 22 heavy (non-hydrogen) atoms. The van der Waals surface area contributed by atoms with Crippen molar-refractivity contribution in [3.8, 4) is 0 Å². The summed E-state index contributed by atoms with van der Waals surface area (Å²) in [5.41, 5.74) is 2.40. The van der Waals surface area contributed by atoms with Crippen molar-refractivity contribution in [1.82, 2.24) is 9.47 Å². The largest absolute Gasteiger partial charge is 0.421 e. The molecule has 3 aromatic rings. The van der Waals surface area contributed by atoms with Crippen LogP contribution < -0.4 is 5.76 Å². The van der Waals surface area contributed by atoms with Gasteiger partial charge in [0.25, 0.3) is 0 Å². The number of rotatable bonds is 4. The quantitative estimate of drug-likeness (QED) is 0.683. The van der Waals surface area contributed by atoms with E-state index in [1.807, 2.05) is 30.1 Å². The molecule has 0 saturated heterocycles. The Bertz CT molecular complexity index is 858. The van der Waals surface area contributed by atoms with E-state index in [-0.39, 0.29) is 5.76 Å². The minimum Gasteiger partial charge on any atom is -0.408 e. The molecule has 0 saturated carbocycles. The summed E-state index contributed by atoms with van der Waals surface area (Å²) >= 11 is 9.45. The van der Waals surface area contributed by atoms with Crippen LogP contribution in [0.1, 0.15) is 5.56 Å². The summed E-state index contributed by atoms with van der Waals surface area (Å²) in [5, 5.41) is 0.549. The predicted octanol–water partition coefficient (Wildman–Crippen LogP) is 4.10. The van der Waals surface area contributed by atoms with E-state index in [1.54, 1.807) is 16.7 Å². The maximum absolute atomic E-state index is 12.1. The fourth-order valence-corrected chi connectivity index (χ4v) is 2.86. The van der Waals surface area contributed by atoms with Crippen molar-refractivity contribution in [3.05, 3.63) is 68.1 Å². The monoisotopic (exact) mass is 380 g/mol. The van der Waals surface area contributed by atoms with Gasteiger partial charge in [0.1, 0.15) is 0 Å². The van der Waals surface area contributed by atoms with Gasteiger partial charge < -0.3 is 4.42 Å². The molecule has 0 bridgehead atoms. The fourth-order valence-electron chi connectivity index (χ4n) is 2.38. The van der Waals surface area contributed by atoms with Crippen molar-refractivity contribution in [3.63, 3.8) is 0 Å². The number of oxazole rings is 1. The lowest BCUT2D eigenvalue weighted by Gasteiger charge is -2.17. The van der Waals surface area contributed by atoms with Crippen molar-refractivity contribution < 1.29 is 4.42 Å². The number of aromatic nitrogens is 1. The molecule has 6 heteroatoms. The molecule has 1 aromatic heterocycles. The Hall–Kier alpha value is -1.56. The second-order valence-electron chi connectivity index (χ2n) is 5.17. The summed E-state index contributed by atoms with van der Waals surface area (Å²) in [6.07, 6.45) is 0. The normalized spacial score (nSPS) is 11.5. The molecule has 0 spiro atoms. The van der Waals surface area contributed by atoms with Gasteiger partial charge >= 0.3 is 5.76 Å². The SMILES string of the molecule is CN(Cc1ccccc1)Cn1c(=O)oc2cc(Br)c(Cl)cc21. The van der Waals surface area contributed by atoms with E-state index in [4.69, 9.17) is 16.0 Å². The van der Waals surface area contributed by atoms with Crippen LogP contribution in [-0.2, 0) is 13.2 Å². The number of benzene rings is 2. The highest BCUT2D eigenvalue weighted by Crippen LogP contribution is 2.27. The molecule has 4 nitrogen and oxygen atoms in total. The third-order valence-corrected chi connectivity index (χ3v) is 4.59. The Morgan fingerprint density at radius 2 is 2.00 bits per heavy atom. The molecule has 3 rings (SSSR count). The van der Waals surface area contributed by atoms with Gasteiger partial charge in [-0.05, 0) is 40.7 Å². The van der Waals surface area contributed by atoms with Crippen LogP contribution in [0.15, 0.2) is 56.1 Å². The summed E-state index contributed by atoms with van der Waals surface area (Å²) in [6.45, 7) is 1.17. The number of hydrogen-bond donors (Lipinski definition) is 0. The molecule has 0 atom stereocenters. The smallest absolute Gasteiger partial charge is 0.408 e. The first-order valence-corrected chi connectivity index (χ1v) is 7.92. The topological polar surface area (TPSA) is 38.4 Å². The van der Waals surface area contributed by atoms with Crippen LogP contribution in [0.5, 0.6) is 0 Å². The van der Waals surface area contributed by atoms with Crippen molar-refractivity contribution in [2.45, 2.75) is 13.2 Å². The van der Waals surface area contributed by atoms with Gasteiger partial charge in [0.2, 0.25) is 0 Å². The Labute approximate surface area is 141 Å². The van der Waals surface area contributed by atoms with Crippen LogP contribution in [0.25, 0.3) is 11.1 Å². The van der Waals surface area contributed by atoms with Crippen molar-refractivity contribution in [1.29, 1.82) is 0 Å². The Kier molecular flexibility index (Phi) is 4.38. The summed E-state index contributed by atoms with van der Waals surface area (Å²) < 4.78 is 7.57. The molecular weight excluding hydrogens is 368 g/mol. The minimum absolute atomic E-state index is 0.385. The van der Waals surface area contributed by atoms with E-state index in [0.717, 1.165) is 6.54 Å². The van der Waals surface area contributed by atoms with E-state index in [1.165, 1.54) is 5.56 Å². The average Bonchev–Trinajstić information content (AvgIpc) is 2.76. The highest BCUT2D eigenvalue weighted by molar-refractivity contribution is 9.10. The number of halogens is 2. The van der Waals surface area contributed by atoms with Gasteiger partial charge in [0, 0.05) is 11.0 Å². The van der Waals surface area contributed by atoms with Crippen LogP contribution >= 0.6 is 27.5 Å². The third-order valence-electron chi connectivity index (χ3n) is 3.39. The first-order valence-electron chi connectivity index (χ1n) is 6.75. The molecule has 2 aromatic carbocycles. The molecule has 0 radical (unpaired) electrons. The van der Waals surface area contributed by atoms with Crippen molar-refractivity contribution >= 4 is 38.6 Å². The minimum atomic E-state index is -0.385. The summed E-state index contributed by atoms with van der Waals surface area (Å²) in [6, 6.07) is 13.5. The van der Waals surface area contributed by atoms with E-state index >= 15 is 0 Å². The summed E-state index contributed by atoms with van der Waals surface area (Å²) in [5.74, 6) is -0.385. The van der Waals surface area contributed by atoms with Gasteiger partial charge in [0.05, 0.1) is 17.2 Å². The predicted molar refractivity (Wildman–Crippen MR) is 91.1 cm³/mol. The fraction of sp³-hybridized carbons (Fsp3) is 0.188. The van der Waals surface area contributed by atoms with Crippen LogP contribution in [-0.4, -0.2) is 16.5 Å². The second kappa shape index (κ2) is 6.28. The van der Waals surface area contributed by atoms with Gasteiger partial charge in [-0.25, -0.2) is 4.79 Å². The van der Waals surface area contributed by atoms with Crippen molar-refractivity contribution in [2.24, 2.45) is 0 Å². The maximum Gasteiger partial charge on any atom is 0.421 e. The van der Waals surface area contributed by atoms with E-state index < -0.39 is 0 Å². The molecule has 0 fully saturated rings. The maximum atomic E-state index is 12.1. The molecule has 0 aliphatic heterocycles. The van der Waals surface area contributed by atoms with E-state index in [0.29, 0.717) is 27.3 Å². The van der Waals surface area contributed by atoms with E-state index in [9.17, 15) is 4.79 Å². The van der Waals surface area contributed by atoms with Crippen LogP contribution in [0.4, 0.5) is 0 Å². The third kappa shape index (κ3) is 3.11. The van der Waals surface area contributed by atoms with Gasteiger partial charge in [-0.15, -0.1) is 0 Å².